The van der Waals surface area contributed by atoms with Gasteiger partial charge in [-0.2, -0.15) is 0 Å². The first-order valence-corrected chi connectivity index (χ1v) is 8.18. The molecule has 0 saturated heterocycles. The number of para-hydroxylation sites is 1. The Kier molecular flexibility index (Phi) is 5.17. The van der Waals surface area contributed by atoms with Crippen LogP contribution in [0.1, 0.15) is 26.3 Å². The Balaban J connectivity index is 2.18. The summed E-state index contributed by atoms with van der Waals surface area (Å²) in [5.74, 6) is 1.27. The van der Waals surface area contributed by atoms with E-state index in [1.54, 1.807) is 24.3 Å². The summed E-state index contributed by atoms with van der Waals surface area (Å²) in [4.78, 5) is 12.0. The standard InChI is InChI=1S/C17H20NO3P/c1-13-10-11-14(12-16(13)20-17(2,3)4)18-22(19)21-15-8-6-5-7-9-15/h5-12H,1-4H3. The van der Waals surface area contributed by atoms with Crippen LogP contribution in [0.3, 0.4) is 0 Å². The molecule has 2 rings (SSSR count). The zero-order valence-corrected chi connectivity index (χ0v) is 14.1. The summed E-state index contributed by atoms with van der Waals surface area (Å²) in [5, 5.41) is 0. The van der Waals surface area contributed by atoms with Crippen LogP contribution < -0.4 is 14.2 Å². The molecular weight excluding hydrogens is 297 g/mol. The van der Waals surface area contributed by atoms with Gasteiger partial charge in [-0.3, -0.25) is 4.52 Å². The SMILES string of the molecule is Cc1ccc(/N=[P+](\[O-])Oc2ccccc2)cc1OC(C)(C)C. The van der Waals surface area contributed by atoms with E-state index in [2.05, 4.69) is 4.74 Å². The topological polar surface area (TPSA) is 53.9 Å². The Hall–Kier alpha value is -1.90. The Labute approximate surface area is 132 Å². The summed E-state index contributed by atoms with van der Waals surface area (Å²) in [6, 6.07) is 14.5. The van der Waals surface area contributed by atoms with Crippen molar-refractivity contribution in [2.75, 3.05) is 0 Å². The predicted molar refractivity (Wildman–Crippen MR) is 87.6 cm³/mol. The average molecular weight is 317 g/mol. The third-order valence-corrected chi connectivity index (χ3v) is 3.47. The van der Waals surface area contributed by atoms with Gasteiger partial charge >= 0.3 is 8.17 Å². The second-order valence-corrected chi connectivity index (χ2v) is 6.76. The van der Waals surface area contributed by atoms with E-state index in [9.17, 15) is 4.89 Å². The Bertz CT molecular complexity index is 663. The number of benzene rings is 2. The van der Waals surface area contributed by atoms with Gasteiger partial charge in [0.1, 0.15) is 17.0 Å². The smallest absolute Gasteiger partial charge is 0.399 e. The zero-order chi connectivity index (χ0) is 16.2. The minimum atomic E-state index is -2.17. The van der Waals surface area contributed by atoms with E-state index in [4.69, 9.17) is 9.26 Å². The molecular formula is C17H20NO3P. The molecule has 2 aromatic rings. The molecule has 0 aliphatic carbocycles. The summed E-state index contributed by atoms with van der Waals surface area (Å²) < 4.78 is 15.3. The van der Waals surface area contributed by atoms with E-state index in [0.29, 0.717) is 11.4 Å². The van der Waals surface area contributed by atoms with E-state index in [-0.39, 0.29) is 5.60 Å². The highest BCUT2D eigenvalue weighted by Crippen LogP contribution is 2.32. The van der Waals surface area contributed by atoms with Gasteiger partial charge in [0.05, 0.1) is 0 Å². The highest BCUT2D eigenvalue weighted by molar-refractivity contribution is 7.34. The van der Waals surface area contributed by atoms with Crippen LogP contribution in [0.2, 0.25) is 0 Å². The summed E-state index contributed by atoms with van der Waals surface area (Å²) in [6.07, 6.45) is 0. The first-order chi connectivity index (χ1) is 10.3. The Morgan fingerprint density at radius 2 is 1.73 bits per heavy atom. The molecule has 22 heavy (non-hydrogen) atoms. The van der Waals surface area contributed by atoms with Crippen LogP contribution in [0, 0.1) is 6.92 Å². The minimum absolute atomic E-state index is 0.299. The fourth-order valence-electron chi connectivity index (χ4n) is 1.78. The van der Waals surface area contributed by atoms with Gasteiger partial charge in [0.25, 0.3) is 0 Å². The molecule has 4 nitrogen and oxygen atoms in total. The number of ether oxygens (including phenoxy) is 1. The fraction of sp³-hybridized carbons (Fsp3) is 0.294. The minimum Gasteiger partial charge on any atom is -0.575 e. The van der Waals surface area contributed by atoms with Crippen LogP contribution in [0.4, 0.5) is 5.69 Å². The normalized spacial score (nSPS) is 12.1. The van der Waals surface area contributed by atoms with Gasteiger partial charge in [0, 0.05) is 6.07 Å². The second-order valence-electron chi connectivity index (χ2n) is 5.91. The predicted octanol–water partition coefficient (Wildman–Crippen LogP) is 4.74. The van der Waals surface area contributed by atoms with Gasteiger partial charge in [0.15, 0.2) is 5.75 Å². The first-order valence-electron chi connectivity index (χ1n) is 7.05. The lowest BCUT2D eigenvalue weighted by molar-refractivity contribution is -0.168. The number of hydrogen-bond donors (Lipinski definition) is 0. The summed E-state index contributed by atoms with van der Waals surface area (Å²) in [7, 11) is -2.17. The molecule has 1 unspecified atom stereocenters. The molecule has 0 saturated carbocycles. The maximum atomic E-state index is 12.0. The van der Waals surface area contributed by atoms with Crippen LogP contribution in [0.15, 0.2) is 53.3 Å². The monoisotopic (exact) mass is 317 g/mol. The number of aryl methyl sites for hydroxylation is 1. The molecule has 1 atom stereocenters. The molecule has 0 aliphatic heterocycles. The largest absolute Gasteiger partial charge is 0.575 e. The number of rotatable bonds is 4. The van der Waals surface area contributed by atoms with Crippen LogP contribution in [0.25, 0.3) is 0 Å². The molecule has 0 heterocycles. The van der Waals surface area contributed by atoms with Crippen LogP contribution in [-0.2, 0) is 0 Å². The van der Waals surface area contributed by atoms with Crippen molar-refractivity contribution in [2.24, 2.45) is 4.74 Å². The zero-order valence-electron chi connectivity index (χ0n) is 13.2. The number of hydrogen-bond acceptors (Lipinski definition) is 4. The van der Waals surface area contributed by atoms with E-state index < -0.39 is 8.17 Å². The van der Waals surface area contributed by atoms with Gasteiger partial charge < -0.3 is 9.63 Å². The fourth-order valence-corrected chi connectivity index (χ4v) is 2.43. The van der Waals surface area contributed by atoms with E-state index in [0.717, 1.165) is 11.3 Å². The van der Waals surface area contributed by atoms with Crippen LogP contribution in [-0.4, -0.2) is 5.60 Å². The van der Waals surface area contributed by atoms with Gasteiger partial charge in [-0.25, -0.2) is 0 Å². The maximum Gasteiger partial charge on any atom is 0.399 e. The van der Waals surface area contributed by atoms with Crippen LogP contribution >= 0.6 is 8.17 Å². The van der Waals surface area contributed by atoms with Crippen LogP contribution in [0.5, 0.6) is 11.5 Å². The summed E-state index contributed by atoms with van der Waals surface area (Å²) >= 11 is 0. The second kappa shape index (κ2) is 6.91. The summed E-state index contributed by atoms with van der Waals surface area (Å²) in [5.41, 5.74) is 1.28. The van der Waals surface area contributed by atoms with Crippen molar-refractivity contribution < 1.29 is 14.2 Å². The van der Waals surface area contributed by atoms with Gasteiger partial charge in [-0.15, -0.1) is 0 Å². The molecule has 0 N–H and O–H groups in total. The molecule has 0 spiro atoms. The van der Waals surface area contributed by atoms with Crippen molar-refractivity contribution in [3.8, 4) is 11.5 Å². The highest BCUT2D eigenvalue weighted by atomic mass is 31.1. The van der Waals surface area contributed by atoms with E-state index in [1.165, 1.54) is 0 Å². The van der Waals surface area contributed by atoms with Gasteiger partial charge in [0.2, 0.25) is 0 Å². The Morgan fingerprint density at radius 3 is 2.36 bits per heavy atom. The maximum absolute atomic E-state index is 12.0. The lowest BCUT2D eigenvalue weighted by Gasteiger charge is -2.22. The van der Waals surface area contributed by atoms with Crippen molar-refractivity contribution in [1.82, 2.24) is 0 Å². The number of nitrogens with zero attached hydrogens (tertiary/aromatic N) is 1. The highest BCUT2D eigenvalue weighted by Gasteiger charge is 2.14. The van der Waals surface area contributed by atoms with E-state index in [1.807, 2.05) is 52.0 Å². The van der Waals surface area contributed by atoms with Crippen molar-refractivity contribution in [3.63, 3.8) is 0 Å². The summed E-state index contributed by atoms with van der Waals surface area (Å²) in [6.45, 7) is 7.91. The molecule has 116 valence electrons. The van der Waals surface area contributed by atoms with E-state index >= 15 is 0 Å². The van der Waals surface area contributed by atoms with Crippen molar-refractivity contribution >= 4 is 13.9 Å². The average Bonchev–Trinajstić information content (AvgIpc) is 2.42. The van der Waals surface area contributed by atoms with Gasteiger partial charge in [-0.05, 0) is 56.2 Å². The quantitative estimate of drug-likeness (QED) is 0.765. The molecule has 2 aromatic carbocycles. The third-order valence-electron chi connectivity index (χ3n) is 2.71. The lowest BCUT2D eigenvalue weighted by Crippen LogP contribution is -2.23. The lowest BCUT2D eigenvalue weighted by atomic mass is 10.1. The third kappa shape index (κ3) is 5.14. The van der Waals surface area contributed by atoms with Crippen molar-refractivity contribution in [1.29, 1.82) is 0 Å². The van der Waals surface area contributed by atoms with Crippen molar-refractivity contribution in [2.45, 2.75) is 33.3 Å². The molecule has 0 aromatic heterocycles. The molecule has 5 heteroatoms. The Morgan fingerprint density at radius 1 is 1.05 bits per heavy atom. The molecule has 0 amide bonds. The molecule has 0 bridgehead atoms. The molecule has 0 fully saturated rings. The molecule has 0 aliphatic rings. The molecule has 0 radical (unpaired) electrons. The first kappa shape index (κ1) is 16.5. The van der Waals surface area contributed by atoms with Crippen molar-refractivity contribution in [3.05, 3.63) is 54.1 Å². The van der Waals surface area contributed by atoms with Gasteiger partial charge in [-0.1, -0.05) is 24.3 Å².